The molecule has 7 nitrogen and oxygen atoms in total. The van der Waals surface area contributed by atoms with Crippen molar-refractivity contribution in [3.8, 4) is 0 Å². The molecule has 7 heteroatoms. The molecular weight excluding hydrogens is 466 g/mol. The molecule has 5 atom stereocenters. The van der Waals surface area contributed by atoms with Gasteiger partial charge in [0.2, 0.25) is 5.91 Å². The Labute approximate surface area is 216 Å². The van der Waals surface area contributed by atoms with Crippen LogP contribution in [0.1, 0.15) is 78.1 Å². The number of nitrogens with zero attached hydrogens (tertiary/aromatic N) is 1. The Kier molecular flexibility index (Phi) is 5.39. The fourth-order valence-electron chi connectivity index (χ4n) is 7.50. The number of anilines is 1. The number of nitrogens with one attached hydrogen (secondary N) is 2. The van der Waals surface area contributed by atoms with E-state index < -0.39 is 5.60 Å². The Hall–Kier alpha value is -3.19. The van der Waals surface area contributed by atoms with Crippen molar-refractivity contribution >= 4 is 23.4 Å². The monoisotopic (exact) mass is 499 g/mol. The summed E-state index contributed by atoms with van der Waals surface area (Å²) in [5, 5.41) is 6.13. The van der Waals surface area contributed by atoms with Gasteiger partial charge in [0.1, 0.15) is 0 Å². The lowest BCUT2D eigenvalue weighted by molar-refractivity contribution is -0.158. The van der Waals surface area contributed by atoms with Crippen molar-refractivity contribution in [3.63, 3.8) is 0 Å². The van der Waals surface area contributed by atoms with Crippen LogP contribution in [0, 0.1) is 11.8 Å². The zero-order valence-corrected chi connectivity index (χ0v) is 21.0. The van der Waals surface area contributed by atoms with Crippen molar-refractivity contribution < 1.29 is 19.1 Å². The van der Waals surface area contributed by atoms with E-state index in [1.807, 2.05) is 24.3 Å². The van der Waals surface area contributed by atoms with Crippen molar-refractivity contribution in [2.24, 2.45) is 11.8 Å². The Morgan fingerprint density at radius 1 is 1.03 bits per heavy atom. The second kappa shape index (κ2) is 8.69. The lowest BCUT2D eigenvalue weighted by Crippen LogP contribution is -2.53. The predicted octanol–water partition coefficient (Wildman–Crippen LogP) is 4.08. The Balaban J connectivity index is 0.984. The first-order valence-corrected chi connectivity index (χ1v) is 13.8. The van der Waals surface area contributed by atoms with E-state index in [2.05, 4.69) is 27.7 Å². The summed E-state index contributed by atoms with van der Waals surface area (Å²) in [7, 11) is 0. The molecule has 5 unspecified atom stereocenters. The minimum Gasteiger partial charge on any atom is -0.352 e. The highest BCUT2D eigenvalue weighted by atomic mass is 16.5. The number of carbonyl (C=O) groups excluding carboxylic acids is 3. The van der Waals surface area contributed by atoms with Gasteiger partial charge in [0.05, 0.1) is 6.10 Å². The zero-order valence-electron chi connectivity index (χ0n) is 21.0. The van der Waals surface area contributed by atoms with Crippen molar-refractivity contribution in [2.45, 2.75) is 69.1 Å². The maximum atomic E-state index is 13.8. The first-order chi connectivity index (χ1) is 18.0. The summed E-state index contributed by atoms with van der Waals surface area (Å²) in [6.07, 6.45) is 6.81. The molecule has 0 aromatic heterocycles. The van der Waals surface area contributed by atoms with Crippen molar-refractivity contribution in [3.05, 3.63) is 64.7 Å². The van der Waals surface area contributed by atoms with E-state index in [0.717, 1.165) is 68.4 Å². The Bertz CT molecular complexity index is 1290. The second-order valence-corrected chi connectivity index (χ2v) is 11.5. The fourth-order valence-corrected chi connectivity index (χ4v) is 7.50. The van der Waals surface area contributed by atoms with E-state index in [1.165, 1.54) is 5.56 Å². The summed E-state index contributed by atoms with van der Waals surface area (Å²) in [6, 6.07) is 14.0. The van der Waals surface area contributed by atoms with Crippen LogP contribution >= 0.6 is 0 Å². The van der Waals surface area contributed by atoms with Crippen molar-refractivity contribution in [2.75, 3.05) is 18.4 Å². The number of carbonyl (C=O) groups is 3. The normalized spacial score (nSPS) is 31.7. The van der Waals surface area contributed by atoms with Gasteiger partial charge in [-0.1, -0.05) is 30.3 Å². The van der Waals surface area contributed by atoms with Gasteiger partial charge in [-0.25, -0.2) is 0 Å². The summed E-state index contributed by atoms with van der Waals surface area (Å²) in [6.45, 7) is 1.54. The molecule has 7 rings (SSSR count). The zero-order chi connectivity index (χ0) is 25.1. The van der Waals surface area contributed by atoms with E-state index in [9.17, 15) is 14.4 Å². The molecule has 2 saturated heterocycles. The second-order valence-electron chi connectivity index (χ2n) is 11.5. The average Bonchev–Trinajstić information content (AvgIpc) is 3.51. The molecule has 1 aliphatic carbocycles. The minimum atomic E-state index is -0.784. The molecule has 2 N–H and O–H groups in total. The van der Waals surface area contributed by atoms with Crippen LogP contribution in [0.15, 0.2) is 42.5 Å². The van der Waals surface area contributed by atoms with Gasteiger partial charge in [-0.05, 0) is 85.6 Å². The third kappa shape index (κ3) is 3.78. The van der Waals surface area contributed by atoms with Gasteiger partial charge < -0.3 is 20.3 Å². The number of fused-ring (bicyclic) bond motifs is 7. The summed E-state index contributed by atoms with van der Waals surface area (Å²) in [5.74, 6) is 1.05. The summed E-state index contributed by atoms with van der Waals surface area (Å²) >= 11 is 0. The molecular formula is C30H33N3O4. The largest absolute Gasteiger partial charge is 0.352 e. The Morgan fingerprint density at radius 3 is 2.84 bits per heavy atom. The number of hydrogen-bond acceptors (Lipinski definition) is 4. The number of hydrogen-bond donors (Lipinski definition) is 2. The van der Waals surface area contributed by atoms with Gasteiger partial charge in [0.25, 0.3) is 11.8 Å². The Morgan fingerprint density at radius 2 is 1.92 bits per heavy atom. The summed E-state index contributed by atoms with van der Waals surface area (Å²) in [4.78, 5) is 40.6. The first-order valence-electron chi connectivity index (χ1n) is 13.8. The molecule has 2 aromatic carbocycles. The highest BCUT2D eigenvalue weighted by Crippen LogP contribution is 2.55. The quantitative estimate of drug-likeness (QED) is 0.666. The lowest BCUT2D eigenvalue weighted by Gasteiger charge is -2.45. The number of likely N-dealkylation sites (tertiary alicyclic amines) is 1. The molecule has 3 fully saturated rings. The van der Waals surface area contributed by atoms with Crippen LogP contribution in [-0.4, -0.2) is 41.8 Å². The molecule has 4 heterocycles. The molecule has 2 aromatic rings. The standard InChI is InChI=1S/C30H33N3O4/c34-27-10-8-18-5-6-20(16-25(18)32-27)28(35)31-22-9-7-21-17-33(14-12-19(21)15-22)29(36)30-13-11-26(37-30)23-3-1-2-4-24(23)30/h1-6,16,19,21-22,26H,7-15,17H2,(H,31,35)(H,32,34). The predicted molar refractivity (Wildman–Crippen MR) is 138 cm³/mol. The van der Waals surface area contributed by atoms with Gasteiger partial charge in [-0.15, -0.1) is 0 Å². The number of rotatable bonds is 3. The van der Waals surface area contributed by atoms with E-state index in [-0.39, 0.29) is 29.9 Å². The lowest BCUT2D eigenvalue weighted by atomic mass is 9.72. The van der Waals surface area contributed by atoms with E-state index in [4.69, 9.17) is 4.74 Å². The van der Waals surface area contributed by atoms with Crippen molar-refractivity contribution in [1.82, 2.24) is 10.2 Å². The maximum absolute atomic E-state index is 13.8. The minimum absolute atomic E-state index is 0.00394. The first kappa shape index (κ1) is 23.0. The highest BCUT2D eigenvalue weighted by molar-refractivity contribution is 5.99. The molecule has 4 aliphatic heterocycles. The number of amides is 3. The number of benzene rings is 2. The average molecular weight is 500 g/mol. The maximum Gasteiger partial charge on any atom is 0.259 e. The van der Waals surface area contributed by atoms with Crippen LogP contribution in [0.3, 0.4) is 0 Å². The molecule has 37 heavy (non-hydrogen) atoms. The van der Waals surface area contributed by atoms with Crippen LogP contribution in [0.5, 0.6) is 0 Å². The highest BCUT2D eigenvalue weighted by Gasteiger charge is 2.57. The van der Waals surface area contributed by atoms with Gasteiger partial charge in [-0.3, -0.25) is 14.4 Å². The molecule has 0 radical (unpaired) electrons. The molecule has 5 aliphatic rings. The van der Waals surface area contributed by atoms with Crippen LogP contribution in [-0.2, 0) is 26.3 Å². The van der Waals surface area contributed by atoms with Gasteiger partial charge >= 0.3 is 0 Å². The van der Waals surface area contributed by atoms with E-state index in [0.29, 0.717) is 30.2 Å². The molecule has 1 saturated carbocycles. The van der Waals surface area contributed by atoms with Crippen LogP contribution in [0.2, 0.25) is 0 Å². The van der Waals surface area contributed by atoms with Gasteiger partial charge in [0.15, 0.2) is 5.60 Å². The molecule has 0 spiro atoms. The van der Waals surface area contributed by atoms with Gasteiger partial charge in [0, 0.05) is 36.8 Å². The van der Waals surface area contributed by atoms with Gasteiger partial charge in [-0.2, -0.15) is 0 Å². The topological polar surface area (TPSA) is 87.7 Å². The molecule has 2 bridgehead atoms. The fraction of sp³-hybridized carbons (Fsp3) is 0.500. The smallest absolute Gasteiger partial charge is 0.259 e. The van der Waals surface area contributed by atoms with Crippen molar-refractivity contribution in [1.29, 1.82) is 0 Å². The van der Waals surface area contributed by atoms with E-state index in [1.54, 1.807) is 6.07 Å². The van der Waals surface area contributed by atoms with Crippen LogP contribution in [0.4, 0.5) is 5.69 Å². The number of piperidine rings is 1. The number of ether oxygens (including phenoxy) is 1. The van der Waals surface area contributed by atoms with Crippen LogP contribution in [0.25, 0.3) is 0 Å². The summed E-state index contributed by atoms with van der Waals surface area (Å²) in [5.41, 5.74) is 3.91. The third-order valence-electron chi connectivity index (χ3n) is 9.44. The van der Waals surface area contributed by atoms with E-state index >= 15 is 0 Å². The summed E-state index contributed by atoms with van der Waals surface area (Å²) < 4.78 is 6.36. The van der Waals surface area contributed by atoms with Crippen LogP contribution < -0.4 is 10.6 Å². The molecule has 3 amide bonds. The number of aryl methyl sites for hydroxylation is 1. The molecule has 192 valence electrons. The third-order valence-corrected chi connectivity index (χ3v) is 9.44. The SMILES string of the molecule is O=C1CCc2ccc(C(=O)NC3CCC4CN(C(=O)C56CCC(O5)c5ccccc56)CCC4C3)cc2N1.